The average molecular weight is 208 g/mol. The molecule has 1 atom stereocenters. The smallest absolute Gasteiger partial charge is 0.305 e. The van der Waals surface area contributed by atoms with Crippen molar-refractivity contribution >= 4 is 5.97 Å². The minimum absolute atomic E-state index is 0.337. The molecule has 82 valence electrons. The van der Waals surface area contributed by atoms with Crippen LogP contribution in [0.5, 0.6) is 5.75 Å². The summed E-state index contributed by atoms with van der Waals surface area (Å²) < 4.78 is 10.4. The highest BCUT2D eigenvalue weighted by molar-refractivity contribution is 5.66. The lowest BCUT2D eigenvalue weighted by Crippen LogP contribution is -2.19. The molecular formula is C12H16O3. The highest BCUT2D eigenvalue weighted by atomic mass is 16.7. The molecule has 0 fully saturated rings. The van der Waals surface area contributed by atoms with E-state index < -0.39 is 6.29 Å². The number of rotatable bonds is 4. The molecule has 1 rings (SSSR count). The van der Waals surface area contributed by atoms with Crippen molar-refractivity contribution in [2.24, 2.45) is 0 Å². The van der Waals surface area contributed by atoms with Crippen LogP contribution in [-0.4, -0.2) is 12.3 Å². The highest BCUT2D eigenvalue weighted by Gasteiger charge is 2.08. The number of benzene rings is 1. The Hall–Kier alpha value is -1.51. The van der Waals surface area contributed by atoms with Crippen LogP contribution in [0, 0.1) is 0 Å². The van der Waals surface area contributed by atoms with Crippen LogP contribution in [-0.2, 0) is 16.0 Å². The van der Waals surface area contributed by atoms with Gasteiger partial charge in [0.1, 0.15) is 5.75 Å². The number of aryl methyl sites for hydroxylation is 1. The molecular weight excluding hydrogens is 192 g/mol. The van der Waals surface area contributed by atoms with Crippen molar-refractivity contribution in [3.63, 3.8) is 0 Å². The summed E-state index contributed by atoms with van der Waals surface area (Å²) in [5.41, 5.74) is 1.11. The van der Waals surface area contributed by atoms with Gasteiger partial charge in [-0.1, -0.05) is 25.1 Å². The maximum atomic E-state index is 10.7. The zero-order valence-corrected chi connectivity index (χ0v) is 9.32. The van der Waals surface area contributed by atoms with Crippen LogP contribution in [0.15, 0.2) is 24.3 Å². The molecule has 0 saturated carbocycles. The van der Waals surface area contributed by atoms with Gasteiger partial charge in [-0.3, -0.25) is 4.79 Å². The number of ether oxygens (including phenoxy) is 2. The molecule has 0 spiro atoms. The Labute approximate surface area is 90.0 Å². The van der Waals surface area contributed by atoms with Crippen LogP contribution in [0.2, 0.25) is 0 Å². The molecule has 0 radical (unpaired) electrons. The average Bonchev–Trinajstić information content (AvgIpc) is 2.17. The van der Waals surface area contributed by atoms with Crippen molar-refractivity contribution in [3.8, 4) is 5.75 Å². The van der Waals surface area contributed by atoms with Crippen molar-refractivity contribution in [2.45, 2.75) is 33.5 Å². The van der Waals surface area contributed by atoms with Crippen molar-refractivity contribution in [1.82, 2.24) is 0 Å². The van der Waals surface area contributed by atoms with Gasteiger partial charge in [0.2, 0.25) is 6.29 Å². The fourth-order valence-electron chi connectivity index (χ4n) is 1.35. The van der Waals surface area contributed by atoms with Crippen molar-refractivity contribution in [3.05, 3.63) is 29.8 Å². The van der Waals surface area contributed by atoms with E-state index in [4.69, 9.17) is 9.47 Å². The Morgan fingerprint density at radius 3 is 2.67 bits per heavy atom. The van der Waals surface area contributed by atoms with Gasteiger partial charge in [-0.05, 0) is 18.1 Å². The first-order chi connectivity index (χ1) is 7.13. The molecule has 0 aliphatic heterocycles. The molecule has 1 unspecified atom stereocenters. The lowest BCUT2D eigenvalue weighted by atomic mass is 10.1. The van der Waals surface area contributed by atoms with Crippen molar-refractivity contribution in [1.29, 1.82) is 0 Å². The van der Waals surface area contributed by atoms with Gasteiger partial charge >= 0.3 is 5.97 Å². The topological polar surface area (TPSA) is 35.5 Å². The zero-order valence-electron chi connectivity index (χ0n) is 9.32. The third kappa shape index (κ3) is 3.62. The predicted molar refractivity (Wildman–Crippen MR) is 57.7 cm³/mol. The SMILES string of the molecule is CCc1ccccc1OC(C)OC(C)=O. The lowest BCUT2D eigenvalue weighted by Gasteiger charge is -2.16. The van der Waals surface area contributed by atoms with Gasteiger partial charge < -0.3 is 9.47 Å². The first-order valence-corrected chi connectivity index (χ1v) is 5.05. The van der Waals surface area contributed by atoms with Crippen LogP contribution < -0.4 is 4.74 Å². The van der Waals surface area contributed by atoms with Crippen LogP contribution in [0.1, 0.15) is 26.3 Å². The quantitative estimate of drug-likeness (QED) is 0.563. The standard InChI is InChI=1S/C12H16O3/c1-4-11-7-5-6-8-12(11)15-10(3)14-9(2)13/h5-8,10H,4H2,1-3H3. The van der Waals surface area contributed by atoms with E-state index in [1.54, 1.807) is 6.92 Å². The van der Waals surface area contributed by atoms with Gasteiger partial charge in [0.15, 0.2) is 0 Å². The summed E-state index contributed by atoms with van der Waals surface area (Å²) in [5, 5.41) is 0. The summed E-state index contributed by atoms with van der Waals surface area (Å²) in [6.45, 7) is 5.12. The fourth-order valence-corrected chi connectivity index (χ4v) is 1.35. The third-order valence-corrected chi connectivity index (χ3v) is 1.98. The molecule has 0 aromatic heterocycles. The Kier molecular flexibility index (Phi) is 4.16. The molecule has 0 saturated heterocycles. The number of hydrogen-bond donors (Lipinski definition) is 0. The number of hydrogen-bond acceptors (Lipinski definition) is 3. The van der Waals surface area contributed by atoms with Gasteiger partial charge in [-0.25, -0.2) is 0 Å². The number of esters is 1. The second kappa shape index (κ2) is 5.39. The molecule has 1 aromatic carbocycles. The van der Waals surface area contributed by atoms with E-state index in [9.17, 15) is 4.79 Å². The lowest BCUT2D eigenvalue weighted by molar-refractivity contribution is -0.158. The summed E-state index contributed by atoms with van der Waals surface area (Å²) >= 11 is 0. The minimum Gasteiger partial charge on any atom is -0.455 e. The first kappa shape index (κ1) is 11.6. The fraction of sp³-hybridized carbons (Fsp3) is 0.417. The van der Waals surface area contributed by atoms with Crippen molar-refractivity contribution < 1.29 is 14.3 Å². The van der Waals surface area contributed by atoms with Gasteiger partial charge in [0.05, 0.1) is 0 Å². The monoisotopic (exact) mass is 208 g/mol. The third-order valence-electron chi connectivity index (χ3n) is 1.98. The Morgan fingerprint density at radius 1 is 1.40 bits per heavy atom. The summed E-state index contributed by atoms with van der Waals surface area (Å²) in [7, 11) is 0. The van der Waals surface area contributed by atoms with Crippen LogP contribution in [0.25, 0.3) is 0 Å². The maximum Gasteiger partial charge on any atom is 0.305 e. The van der Waals surface area contributed by atoms with Crippen LogP contribution >= 0.6 is 0 Å². The maximum absolute atomic E-state index is 10.7. The van der Waals surface area contributed by atoms with Gasteiger partial charge in [-0.15, -0.1) is 0 Å². The van der Waals surface area contributed by atoms with E-state index in [1.807, 2.05) is 24.3 Å². The van der Waals surface area contributed by atoms with Crippen LogP contribution in [0.3, 0.4) is 0 Å². The number of para-hydroxylation sites is 1. The zero-order chi connectivity index (χ0) is 11.3. The van der Waals surface area contributed by atoms with E-state index in [0.717, 1.165) is 17.7 Å². The van der Waals surface area contributed by atoms with E-state index in [1.165, 1.54) is 6.92 Å². The van der Waals surface area contributed by atoms with Gasteiger partial charge in [0, 0.05) is 13.8 Å². The van der Waals surface area contributed by atoms with E-state index >= 15 is 0 Å². The molecule has 15 heavy (non-hydrogen) atoms. The summed E-state index contributed by atoms with van der Waals surface area (Å²) in [4.78, 5) is 10.7. The van der Waals surface area contributed by atoms with Crippen LogP contribution in [0.4, 0.5) is 0 Å². The predicted octanol–water partition coefficient (Wildman–Crippen LogP) is 2.54. The van der Waals surface area contributed by atoms with E-state index in [0.29, 0.717) is 0 Å². The second-order valence-corrected chi connectivity index (χ2v) is 3.26. The molecule has 3 nitrogen and oxygen atoms in total. The highest BCUT2D eigenvalue weighted by Crippen LogP contribution is 2.19. The summed E-state index contributed by atoms with van der Waals surface area (Å²) in [5.74, 6) is 0.435. The first-order valence-electron chi connectivity index (χ1n) is 5.05. The normalized spacial score (nSPS) is 11.9. The molecule has 0 heterocycles. The van der Waals surface area contributed by atoms with Gasteiger partial charge in [0.25, 0.3) is 0 Å². The Balaban J connectivity index is 2.67. The number of carbonyl (C=O) groups is 1. The van der Waals surface area contributed by atoms with E-state index in [-0.39, 0.29) is 5.97 Å². The minimum atomic E-state index is -0.546. The second-order valence-electron chi connectivity index (χ2n) is 3.26. The molecule has 1 aromatic rings. The molecule has 0 aliphatic rings. The molecule has 0 N–H and O–H groups in total. The Morgan fingerprint density at radius 2 is 2.07 bits per heavy atom. The largest absolute Gasteiger partial charge is 0.455 e. The molecule has 0 aliphatic carbocycles. The van der Waals surface area contributed by atoms with Crippen molar-refractivity contribution in [2.75, 3.05) is 0 Å². The number of carbonyl (C=O) groups excluding carboxylic acids is 1. The molecule has 0 bridgehead atoms. The van der Waals surface area contributed by atoms with Gasteiger partial charge in [-0.2, -0.15) is 0 Å². The Bertz CT molecular complexity index is 333. The summed E-state index contributed by atoms with van der Waals surface area (Å²) in [6, 6.07) is 7.73. The molecule has 0 amide bonds. The van der Waals surface area contributed by atoms with E-state index in [2.05, 4.69) is 6.92 Å². The summed E-state index contributed by atoms with van der Waals surface area (Å²) in [6.07, 6.45) is 0.346. The molecule has 3 heteroatoms.